The lowest BCUT2D eigenvalue weighted by molar-refractivity contribution is -0.116. The maximum Gasteiger partial charge on any atom is 0.256 e. The normalized spacial score (nSPS) is 13.2. The summed E-state index contributed by atoms with van der Waals surface area (Å²) >= 11 is 0. The van der Waals surface area contributed by atoms with Crippen molar-refractivity contribution in [2.45, 2.75) is 12.8 Å². The van der Waals surface area contributed by atoms with Gasteiger partial charge in [0, 0.05) is 23.9 Å². The highest BCUT2D eigenvalue weighted by Crippen LogP contribution is 2.24. The second-order valence-electron chi connectivity index (χ2n) is 4.75. The third-order valence-corrected chi connectivity index (χ3v) is 3.28. The van der Waals surface area contributed by atoms with Gasteiger partial charge in [-0.1, -0.05) is 0 Å². The SMILES string of the molecule is O=C1CCc2cc(C(=O)Nc3ncccc3O)ccc2N1. The van der Waals surface area contributed by atoms with Crippen LogP contribution in [0.5, 0.6) is 5.75 Å². The summed E-state index contributed by atoms with van der Waals surface area (Å²) < 4.78 is 0. The van der Waals surface area contributed by atoms with Crippen LogP contribution in [0.3, 0.4) is 0 Å². The van der Waals surface area contributed by atoms with E-state index in [1.807, 2.05) is 0 Å². The monoisotopic (exact) mass is 283 g/mol. The second-order valence-corrected chi connectivity index (χ2v) is 4.75. The number of benzene rings is 1. The van der Waals surface area contributed by atoms with Gasteiger partial charge in [-0.2, -0.15) is 0 Å². The average molecular weight is 283 g/mol. The summed E-state index contributed by atoms with van der Waals surface area (Å²) in [6.07, 6.45) is 2.51. The Labute approximate surface area is 120 Å². The van der Waals surface area contributed by atoms with Crippen LogP contribution in [0, 0.1) is 0 Å². The lowest BCUT2D eigenvalue weighted by Gasteiger charge is -2.17. The van der Waals surface area contributed by atoms with Crippen molar-refractivity contribution in [1.29, 1.82) is 0 Å². The van der Waals surface area contributed by atoms with Gasteiger partial charge < -0.3 is 15.7 Å². The minimum Gasteiger partial charge on any atom is -0.504 e. The lowest BCUT2D eigenvalue weighted by atomic mass is 10.00. The maximum absolute atomic E-state index is 12.2. The van der Waals surface area contributed by atoms with Crippen molar-refractivity contribution in [3.8, 4) is 5.75 Å². The number of aryl methyl sites for hydroxylation is 1. The number of hydrogen-bond donors (Lipinski definition) is 3. The Morgan fingerprint density at radius 2 is 2.14 bits per heavy atom. The van der Waals surface area contributed by atoms with E-state index in [9.17, 15) is 14.7 Å². The van der Waals surface area contributed by atoms with Crippen LogP contribution in [-0.4, -0.2) is 21.9 Å². The summed E-state index contributed by atoms with van der Waals surface area (Å²) in [5, 5.41) is 14.9. The van der Waals surface area contributed by atoms with Crippen molar-refractivity contribution in [3.63, 3.8) is 0 Å². The van der Waals surface area contributed by atoms with Gasteiger partial charge in [-0.3, -0.25) is 9.59 Å². The van der Waals surface area contributed by atoms with E-state index in [0.717, 1.165) is 11.3 Å². The van der Waals surface area contributed by atoms with Crippen molar-refractivity contribution in [2.75, 3.05) is 10.6 Å². The molecule has 2 heterocycles. The summed E-state index contributed by atoms with van der Waals surface area (Å²) in [6.45, 7) is 0. The van der Waals surface area contributed by atoms with Crippen molar-refractivity contribution < 1.29 is 14.7 Å². The Morgan fingerprint density at radius 3 is 2.95 bits per heavy atom. The first-order chi connectivity index (χ1) is 10.1. The van der Waals surface area contributed by atoms with E-state index in [4.69, 9.17) is 0 Å². The summed E-state index contributed by atoms with van der Waals surface area (Å²) in [5.74, 6) is -0.341. The Morgan fingerprint density at radius 1 is 1.29 bits per heavy atom. The van der Waals surface area contributed by atoms with Gasteiger partial charge in [-0.05, 0) is 42.3 Å². The molecule has 6 nitrogen and oxygen atoms in total. The number of hydrogen-bond acceptors (Lipinski definition) is 4. The van der Waals surface area contributed by atoms with Gasteiger partial charge in [0.2, 0.25) is 5.91 Å². The maximum atomic E-state index is 12.2. The predicted molar refractivity (Wildman–Crippen MR) is 77.2 cm³/mol. The molecule has 0 aliphatic carbocycles. The van der Waals surface area contributed by atoms with E-state index < -0.39 is 0 Å². The van der Waals surface area contributed by atoms with Gasteiger partial charge >= 0.3 is 0 Å². The van der Waals surface area contributed by atoms with Crippen LogP contribution in [0.25, 0.3) is 0 Å². The molecule has 1 aromatic heterocycles. The fourth-order valence-corrected chi connectivity index (χ4v) is 2.20. The lowest BCUT2D eigenvalue weighted by Crippen LogP contribution is -2.20. The molecule has 1 aliphatic heterocycles. The average Bonchev–Trinajstić information content (AvgIpc) is 2.49. The number of rotatable bonds is 2. The van der Waals surface area contributed by atoms with Crippen LogP contribution in [0.4, 0.5) is 11.5 Å². The molecule has 0 saturated heterocycles. The van der Waals surface area contributed by atoms with Gasteiger partial charge in [0.1, 0.15) is 0 Å². The van der Waals surface area contributed by atoms with Gasteiger partial charge in [0.05, 0.1) is 0 Å². The molecule has 1 aliphatic rings. The molecule has 0 unspecified atom stereocenters. The van der Waals surface area contributed by atoms with E-state index in [1.165, 1.54) is 12.3 Å². The zero-order valence-electron chi connectivity index (χ0n) is 11.1. The quantitative estimate of drug-likeness (QED) is 0.785. The summed E-state index contributed by atoms with van der Waals surface area (Å²) in [4.78, 5) is 27.4. The zero-order valence-corrected chi connectivity index (χ0v) is 11.1. The Kier molecular flexibility index (Phi) is 3.27. The molecular formula is C15H13N3O3. The number of carbonyl (C=O) groups excluding carboxylic acids is 2. The number of carbonyl (C=O) groups is 2. The fourth-order valence-electron chi connectivity index (χ4n) is 2.20. The number of nitrogens with zero attached hydrogens (tertiary/aromatic N) is 1. The summed E-state index contributed by atoms with van der Waals surface area (Å²) in [5.41, 5.74) is 2.12. The molecule has 0 spiro atoms. The standard InChI is InChI=1S/C15H13N3O3/c19-12-2-1-7-16-14(12)18-15(21)10-3-5-11-9(8-10)4-6-13(20)17-11/h1-3,5,7-8,19H,4,6H2,(H,17,20)(H,16,18,21). The van der Waals surface area contributed by atoms with E-state index >= 15 is 0 Å². The van der Waals surface area contributed by atoms with E-state index in [1.54, 1.807) is 24.3 Å². The molecule has 0 radical (unpaired) electrons. The Hall–Kier alpha value is -2.89. The minimum absolute atomic E-state index is 0.0156. The second kappa shape index (κ2) is 5.24. The molecule has 106 valence electrons. The highest BCUT2D eigenvalue weighted by atomic mass is 16.3. The smallest absolute Gasteiger partial charge is 0.256 e. The molecule has 3 N–H and O–H groups in total. The van der Waals surface area contributed by atoms with Crippen LogP contribution >= 0.6 is 0 Å². The van der Waals surface area contributed by atoms with E-state index in [0.29, 0.717) is 18.4 Å². The van der Waals surface area contributed by atoms with Crippen molar-refractivity contribution in [1.82, 2.24) is 4.98 Å². The summed E-state index contributed by atoms with van der Waals surface area (Å²) in [6, 6.07) is 8.10. The predicted octanol–water partition coefficient (Wildman–Crippen LogP) is 1.92. The van der Waals surface area contributed by atoms with Crippen LogP contribution < -0.4 is 10.6 Å². The number of fused-ring (bicyclic) bond motifs is 1. The van der Waals surface area contributed by atoms with Crippen molar-refractivity contribution >= 4 is 23.3 Å². The largest absolute Gasteiger partial charge is 0.504 e. The van der Waals surface area contributed by atoms with E-state index in [-0.39, 0.29) is 23.4 Å². The Balaban J connectivity index is 1.83. The molecule has 0 fully saturated rings. The number of aromatic hydroxyl groups is 1. The third-order valence-electron chi connectivity index (χ3n) is 3.28. The molecule has 6 heteroatoms. The first-order valence-electron chi connectivity index (χ1n) is 6.51. The molecular weight excluding hydrogens is 270 g/mol. The first kappa shape index (κ1) is 13.1. The zero-order chi connectivity index (χ0) is 14.8. The molecule has 0 saturated carbocycles. The number of pyridine rings is 1. The topological polar surface area (TPSA) is 91.3 Å². The van der Waals surface area contributed by atoms with Gasteiger partial charge in [0.25, 0.3) is 5.91 Å². The number of nitrogens with one attached hydrogen (secondary N) is 2. The van der Waals surface area contributed by atoms with E-state index in [2.05, 4.69) is 15.6 Å². The third kappa shape index (κ3) is 2.69. The fraction of sp³-hybridized carbons (Fsp3) is 0.133. The van der Waals surface area contributed by atoms with Crippen LogP contribution in [0.15, 0.2) is 36.5 Å². The van der Waals surface area contributed by atoms with Crippen LogP contribution in [0.2, 0.25) is 0 Å². The number of amides is 2. The van der Waals surface area contributed by atoms with Gasteiger partial charge in [-0.15, -0.1) is 0 Å². The number of anilines is 2. The Bertz CT molecular complexity index is 728. The highest BCUT2D eigenvalue weighted by Gasteiger charge is 2.17. The molecule has 3 rings (SSSR count). The summed E-state index contributed by atoms with van der Waals surface area (Å²) in [7, 11) is 0. The number of aromatic nitrogens is 1. The minimum atomic E-state index is -0.358. The van der Waals surface area contributed by atoms with Crippen molar-refractivity contribution in [3.05, 3.63) is 47.7 Å². The molecule has 1 aromatic carbocycles. The molecule has 2 amide bonds. The highest BCUT2D eigenvalue weighted by molar-refractivity contribution is 6.05. The molecule has 0 bridgehead atoms. The molecule has 21 heavy (non-hydrogen) atoms. The van der Waals surface area contributed by atoms with Crippen LogP contribution in [0.1, 0.15) is 22.3 Å². The molecule has 0 atom stereocenters. The van der Waals surface area contributed by atoms with Gasteiger partial charge in [0.15, 0.2) is 11.6 Å². The van der Waals surface area contributed by atoms with Crippen molar-refractivity contribution in [2.24, 2.45) is 0 Å². The van der Waals surface area contributed by atoms with Gasteiger partial charge in [-0.25, -0.2) is 4.98 Å². The van der Waals surface area contributed by atoms with Crippen LogP contribution in [-0.2, 0) is 11.2 Å². The molecule has 2 aromatic rings. The first-order valence-corrected chi connectivity index (χ1v) is 6.51.